The Kier molecular flexibility index (Phi) is 3.95. The van der Waals surface area contributed by atoms with Crippen molar-refractivity contribution in [2.24, 2.45) is 5.92 Å². The molecule has 3 rings (SSSR count). The summed E-state index contributed by atoms with van der Waals surface area (Å²) < 4.78 is 10.8. The highest BCUT2D eigenvalue weighted by atomic mass is 16.7. The van der Waals surface area contributed by atoms with E-state index in [4.69, 9.17) is 9.47 Å². The van der Waals surface area contributed by atoms with Gasteiger partial charge in [0.2, 0.25) is 0 Å². The smallest absolute Gasteiger partial charge is 0.324 e. The van der Waals surface area contributed by atoms with Crippen LogP contribution in [-0.4, -0.2) is 17.7 Å². The van der Waals surface area contributed by atoms with Gasteiger partial charge in [-0.25, -0.2) is 0 Å². The minimum atomic E-state index is -1.17. The Balaban J connectivity index is 2.06. The van der Waals surface area contributed by atoms with Crippen LogP contribution in [0.3, 0.4) is 0 Å². The maximum absolute atomic E-state index is 12.7. The largest absolute Gasteiger partial charge is 0.422 e. The average Bonchev–Trinajstić information content (AvgIpc) is 2.46. The topological polar surface area (TPSA) is 52.6 Å². The molecular formula is C19H24O4. The van der Waals surface area contributed by atoms with Crippen LogP contribution in [0.1, 0.15) is 57.1 Å². The van der Waals surface area contributed by atoms with Crippen molar-refractivity contribution >= 4 is 11.9 Å². The van der Waals surface area contributed by atoms with Gasteiger partial charge in [0.05, 0.1) is 0 Å². The van der Waals surface area contributed by atoms with Gasteiger partial charge in [0.15, 0.2) is 5.92 Å². The number of ether oxygens (including phenoxy) is 2. The van der Waals surface area contributed by atoms with E-state index in [2.05, 4.69) is 6.07 Å². The molecule has 2 fully saturated rings. The maximum Gasteiger partial charge on any atom is 0.324 e. The van der Waals surface area contributed by atoms with E-state index in [0.29, 0.717) is 0 Å². The second-order valence-corrected chi connectivity index (χ2v) is 7.26. The van der Waals surface area contributed by atoms with E-state index in [0.717, 1.165) is 43.2 Å². The van der Waals surface area contributed by atoms with Gasteiger partial charge in [0, 0.05) is 19.3 Å². The first kappa shape index (κ1) is 16.0. The summed E-state index contributed by atoms with van der Waals surface area (Å²) in [5.74, 6) is -2.94. The first-order chi connectivity index (χ1) is 10.8. The molecule has 0 radical (unpaired) electrons. The molecule has 0 bridgehead atoms. The molecule has 0 aromatic heterocycles. The molecule has 2 aliphatic rings. The van der Waals surface area contributed by atoms with Gasteiger partial charge in [-0.05, 0) is 25.3 Å². The van der Waals surface area contributed by atoms with Gasteiger partial charge in [0.25, 0.3) is 5.79 Å². The molecule has 0 atom stereocenters. The van der Waals surface area contributed by atoms with Crippen LogP contribution in [0, 0.1) is 12.8 Å². The summed E-state index contributed by atoms with van der Waals surface area (Å²) in [6, 6.07) is 8.13. The third-order valence-corrected chi connectivity index (χ3v) is 5.06. The number of carbonyl (C=O) groups is 2. The minimum Gasteiger partial charge on any atom is -0.422 e. The maximum atomic E-state index is 12.7. The molecular weight excluding hydrogens is 292 g/mol. The standard InChI is InChI=1S/C19H24O4/c1-13-8-7-9-14(12-13)19(10-5-4-6-11-19)15-16(20)22-18(2,3)23-17(15)21/h7-9,12,15H,4-6,10-11H2,1-3H3. The molecule has 0 spiro atoms. The van der Waals surface area contributed by atoms with Crippen LogP contribution >= 0.6 is 0 Å². The van der Waals surface area contributed by atoms with Crippen molar-refractivity contribution in [1.29, 1.82) is 0 Å². The molecule has 1 saturated heterocycles. The molecule has 1 aliphatic carbocycles. The molecule has 1 aromatic carbocycles. The molecule has 1 saturated carbocycles. The zero-order valence-electron chi connectivity index (χ0n) is 14.1. The number of carbonyl (C=O) groups excluding carboxylic acids is 2. The van der Waals surface area contributed by atoms with Gasteiger partial charge in [-0.15, -0.1) is 0 Å². The van der Waals surface area contributed by atoms with Gasteiger partial charge < -0.3 is 9.47 Å². The summed E-state index contributed by atoms with van der Waals surface area (Å²) in [7, 11) is 0. The Morgan fingerprint density at radius 3 is 2.17 bits per heavy atom. The van der Waals surface area contributed by atoms with Crippen LogP contribution in [0.4, 0.5) is 0 Å². The van der Waals surface area contributed by atoms with E-state index >= 15 is 0 Å². The van der Waals surface area contributed by atoms with Crippen molar-refractivity contribution in [1.82, 2.24) is 0 Å². The van der Waals surface area contributed by atoms with Crippen LogP contribution in [0.5, 0.6) is 0 Å². The van der Waals surface area contributed by atoms with Crippen LogP contribution in [0.25, 0.3) is 0 Å². The number of benzene rings is 1. The molecule has 4 nitrogen and oxygen atoms in total. The Morgan fingerprint density at radius 2 is 1.61 bits per heavy atom. The highest BCUT2D eigenvalue weighted by molar-refractivity contribution is 5.98. The van der Waals surface area contributed by atoms with Crippen LogP contribution in [0.15, 0.2) is 24.3 Å². The van der Waals surface area contributed by atoms with E-state index in [1.54, 1.807) is 13.8 Å². The zero-order chi connectivity index (χ0) is 16.7. The van der Waals surface area contributed by atoms with E-state index < -0.39 is 29.1 Å². The van der Waals surface area contributed by atoms with Crippen LogP contribution in [-0.2, 0) is 24.5 Å². The summed E-state index contributed by atoms with van der Waals surface area (Å²) in [6.07, 6.45) is 4.77. The summed E-state index contributed by atoms with van der Waals surface area (Å²) >= 11 is 0. The van der Waals surface area contributed by atoms with Crippen molar-refractivity contribution in [2.75, 3.05) is 0 Å². The van der Waals surface area contributed by atoms with Crippen molar-refractivity contribution in [2.45, 2.75) is 64.1 Å². The number of hydrogen-bond acceptors (Lipinski definition) is 4. The number of aryl methyl sites for hydroxylation is 1. The van der Waals surface area contributed by atoms with E-state index in [1.165, 1.54) is 0 Å². The molecule has 0 unspecified atom stereocenters. The lowest BCUT2D eigenvalue weighted by Gasteiger charge is -2.45. The van der Waals surface area contributed by atoms with E-state index in [1.807, 2.05) is 25.1 Å². The third-order valence-electron chi connectivity index (χ3n) is 5.06. The van der Waals surface area contributed by atoms with Crippen molar-refractivity contribution in [3.05, 3.63) is 35.4 Å². The van der Waals surface area contributed by atoms with Crippen LogP contribution < -0.4 is 0 Å². The Bertz CT molecular complexity index is 606. The van der Waals surface area contributed by atoms with Gasteiger partial charge in [-0.3, -0.25) is 9.59 Å². The third kappa shape index (κ3) is 2.87. The van der Waals surface area contributed by atoms with Gasteiger partial charge >= 0.3 is 11.9 Å². The highest BCUT2D eigenvalue weighted by Crippen LogP contribution is 2.48. The number of hydrogen-bond donors (Lipinski definition) is 0. The van der Waals surface area contributed by atoms with E-state index in [-0.39, 0.29) is 0 Å². The molecule has 1 heterocycles. The second kappa shape index (κ2) is 5.66. The van der Waals surface area contributed by atoms with Gasteiger partial charge in [0.1, 0.15) is 0 Å². The van der Waals surface area contributed by atoms with Crippen molar-refractivity contribution < 1.29 is 19.1 Å². The molecule has 1 aromatic rings. The lowest BCUT2D eigenvalue weighted by atomic mass is 9.61. The van der Waals surface area contributed by atoms with Gasteiger partial charge in [-0.2, -0.15) is 0 Å². The number of cyclic esters (lactones) is 2. The van der Waals surface area contributed by atoms with Crippen molar-refractivity contribution in [3.8, 4) is 0 Å². The fourth-order valence-electron chi connectivity index (χ4n) is 4.05. The summed E-state index contributed by atoms with van der Waals surface area (Å²) in [5.41, 5.74) is 1.68. The normalized spacial score (nSPS) is 24.0. The first-order valence-corrected chi connectivity index (χ1v) is 8.37. The van der Waals surface area contributed by atoms with E-state index in [9.17, 15) is 9.59 Å². The molecule has 0 amide bonds. The molecule has 124 valence electrons. The fraction of sp³-hybridized carbons (Fsp3) is 0.579. The molecule has 1 aliphatic heterocycles. The lowest BCUT2D eigenvalue weighted by Crippen LogP contribution is -2.55. The summed E-state index contributed by atoms with van der Waals surface area (Å²) in [6.45, 7) is 5.22. The predicted molar refractivity (Wildman–Crippen MR) is 85.7 cm³/mol. The quantitative estimate of drug-likeness (QED) is 0.617. The number of rotatable bonds is 2. The summed E-state index contributed by atoms with van der Waals surface area (Å²) in [4.78, 5) is 25.3. The molecule has 0 N–H and O–H groups in total. The monoisotopic (exact) mass is 316 g/mol. The lowest BCUT2D eigenvalue weighted by molar-refractivity contribution is -0.244. The molecule has 4 heteroatoms. The predicted octanol–water partition coefficient (Wildman–Crippen LogP) is 3.65. The van der Waals surface area contributed by atoms with Crippen LogP contribution in [0.2, 0.25) is 0 Å². The van der Waals surface area contributed by atoms with Crippen molar-refractivity contribution in [3.63, 3.8) is 0 Å². The molecule has 23 heavy (non-hydrogen) atoms. The Hall–Kier alpha value is -1.84. The summed E-state index contributed by atoms with van der Waals surface area (Å²) in [5, 5.41) is 0. The first-order valence-electron chi connectivity index (χ1n) is 8.37. The highest BCUT2D eigenvalue weighted by Gasteiger charge is 2.55. The minimum absolute atomic E-state index is 0.449. The Morgan fingerprint density at radius 1 is 1.00 bits per heavy atom. The zero-order valence-corrected chi connectivity index (χ0v) is 14.1. The number of esters is 2. The Labute approximate surface area is 137 Å². The average molecular weight is 316 g/mol. The second-order valence-electron chi connectivity index (χ2n) is 7.26. The van der Waals surface area contributed by atoms with Gasteiger partial charge in [-0.1, -0.05) is 49.1 Å². The SMILES string of the molecule is Cc1cccc(C2(C3C(=O)OC(C)(C)OC3=O)CCCCC2)c1. The fourth-order valence-corrected chi connectivity index (χ4v) is 4.05.